The van der Waals surface area contributed by atoms with Crippen LogP contribution < -0.4 is 4.90 Å². The van der Waals surface area contributed by atoms with E-state index in [9.17, 15) is 4.79 Å². The SMILES string of the molecule is CCN(C(=O)/C=C/c1ccc(Br)s1)c1ccc(Br)cn1. The fourth-order valence-electron chi connectivity index (χ4n) is 1.62. The van der Waals surface area contributed by atoms with Gasteiger partial charge in [0.25, 0.3) is 5.91 Å². The molecule has 0 aliphatic rings. The minimum Gasteiger partial charge on any atom is -0.294 e. The van der Waals surface area contributed by atoms with Gasteiger partial charge in [-0.3, -0.25) is 9.69 Å². The number of rotatable bonds is 4. The Morgan fingerprint density at radius 2 is 2.15 bits per heavy atom. The molecule has 104 valence electrons. The molecule has 0 radical (unpaired) electrons. The van der Waals surface area contributed by atoms with Crippen LogP contribution >= 0.6 is 43.2 Å². The number of carbonyl (C=O) groups is 1. The summed E-state index contributed by atoms with van der Waals surface area (Å²) in [5.74, 6) is 0.574. The van der Waals surface area contributed by atoms with E-state index in [1.165, 1.54) is 0 Å². The predicted molar refractivity (Wildman–Crippen MR) is 91.0 cm³/mol. The monoisotopic (exact) mass is 414 g/mol. The summed E-state index contributed by atoms with van der Waals surface area (Å²) in [6, 6.07) is 7.62. The number of hydrogen-bond donors (Lipinski definition) is 0. The number of carbonyl (C=O) groups excluding carboxylic acids is 1. The zero-order chi connectivity index (χ0) is 14.5. The minimum atomic E-state index is -0.0770. The highest BCUT2D eigenvalue weighted by molar-refractivity contribution is 9.11. The van der Waals surface area contributed by atoms with Crippen molar-refractivity contribution in [1.29, 1.82) is 0 Å². The van der Waals surface area contributed by atoms with E-state index in [1.54, 1.807) is 28.5 Å². The summed E-state index contributed by atoms with van der Waals surface area (Å²) in [7, 11) is 0. The van der Waals surface area contributed by atoms with E-state index in [2.05, 4.69) is 36.8 Å². The van der Waals surface area contributed by atoms with Crippen molar-refractivity contribution in [1.82, 2.24) is 4.98 Å². The molecule has 0 spiro atoms. The van der Waals surface area contributed by atoms with E-state index >= 15 is 0 Å². The molecule has 0 N–H and O–H groups in total. The third-order valence-corrected chi connectivity index (χ3v) is 4.61. The number of anilines is 1. The second-order valence-corrected chi connectivity index (χ2v) is 7.30. The van der Waals surface area contributed by atoms with Gasteiger partial charge in [0.1, 0.15) is 5.82 Å². The number of aromatic nitrogens is 1. The summed E-state index contributed by atoms with van der Waals surface area (Å²) in [5.41, 5.74) is 0. The first-order chi connectivity index (χ1) is 9.60. The molecule has 0 aliphatic carbocycles. The van der Waals surface area contributed by atoms with Gasteiger partial charge in [-0.15, -0.1) is 11.3 Å². The molecule has 0 saturated heterocycles. The highest BCUT2D eigenvalue weighted by Crippen LogP contribution is 2.23. The molecule has 2 rings (SSSR count). The smallest absolute Gasteiger partial charge is 0.252 e. The molecule has 0 atom stereocenters. The number of likely N-dealkylation sites (N-methyl/N-ethyl adjacent to an activating group) is 1. The van der Waals surface area contributed by atoms with E-state index < -0.39 is 0 Å². The predicted octanol–water partition coefficient (Wildman–Crippen LogP) is 4.73. The van der Waals surface area contributed by atoms with Crippen molar-refractivity contribution in [2.75, 3.05) is 11.4 Å². The molecule has 2 heterocycles. The Hall–Kier alpha value is -0.980. The molecule has 0 aromatic carbocycles. The lowest BCUT2D eigenvalue weighted by molar-refractivity contribution is -0.114. The Morgan fingerprint density at radius 1 is 1.35 bits per heavy atom. The molecule has 0 bridgehead atoms. The van der Waals surface area contributed by atoms with Crippen LogP contribution in [0.4, 0.5) is 5.82 Å². The highest BCUT2D eigenvalue weighted by atomic mass is 79.9. The van der Waals surface area contributed by atoms with Gasteiger partial charge >= 0.3 is 0 Å². The molecule has 6 heteroatoms. The van der Waals surface area contributed by atoms with Gasteiger partial charge in [-0.2, -0.15) is 0 Å². The highest BCUT2D eigenvalue weighted by Gasteiger charge is 2.12. The quantitative estimate of drug-likeness (QED) is 0.676. The first-order valence-electron chi connectivity index (χ1n) is 5.96. The third kappa shape index (κ3) is 4.01. The van der Waals surface area contributed by atoms with Gasteiger partial charge in [0, 0.05) is 28.2 Å². The number of halogens is 2. The Morgan fingerprint density at radius 3 is 2.70 bits per heavy atom. The van der Waals surface area contributed by atoms with E-state index in [0.29, 0.717) is 12.4 Å². The van der Waals surface area contributed by atoms with Crippen LogP contribution in [0.2, 0.25) is 0 Å². The van der Waals surface area contributed by atoms with E-state index in [-0.39, 0.29) is 5.91 Å². The number of pyridine rings is 1. The molecule has 1 amide bonds. The third-order valence-electron chi connectivity index (χ3n) is 2.55. The molecule has 0 fully saturated rings. The van der Waals surface area contributed by atoms with Gasteiger partial charge in [-0.25, -0.2) is 4.98 Å². The summed E-state index contributed by atoms with van der Waals surface area (Å²) >= 11 is 8.32. The van der Waals surface area contributed by atoms with Crippen LogP contribution in [-0.4, -0.2) is 17.4 Å². The van der Waals surface area contributed by atoms with Gasteiger partial charge in [0.15, 0.2) is 0 Å². The summed E-state index contributed by atoms with van der Waals surface area (Å²) in [4.78, 5) is 19.1. The Balaban J connectivity index is 2.13. The fourth-order valence-corrected chi connectivity index (χ4v) is 3.18. The summed E-state index contributed by atoms with van der Waals surface area (Å²) < 4.78 is 1.94. The van der Waals surface area contributed by atoms with Gasteiger partial charge < -0.3 is 0 Å². The largest absolute Gasteiger partial charge is 0.294 e. The van der Waals surface area contributed by atoms with Crippen molar-refractivity contribution in [3.63, 3.8) is 0 Å². The first-order valence-corrected chi connectivity index (χ1v) is 8.37. The van der Waals surface area contributed by atoms with Crippen molar-refractivity contribution in [3.8, 4) is 0 Å². The van der Waals surface area contributed by atoms with E-state index in [4.69, 9.17) is 0 Å². The molecule has 0 saturated carbocycles. The lowest BCUT2D eigenvalue weighted by atomic mass is 10.3. The van der Waals surface area contributed by atoms with Gasteiger partial charge in [0.05, 0.1) is 3.79 Å². The van der Waals surface area contributed by atoms with Crippen LogP contribution in [0.15, 0.2) is 44.8 Å². The standard InChI is InChI=1S/C14H12Br2N2OS/c1-2-18(13-7-3-10(15)9-17-13)14(19)8-5-11-4-6-12(16)20-11/h3-9H,2H2,1H3/b8-5+. The fraction of sp³-hybridized carbons (Fsp3) is 0.143. The zero-order valence-electron chi connectivity index (χ0n) is 10.7. The summed E-state index contributed by atoms with van der Waals surface area (Å²) in [6.45, 7) is 2.50. The van der Waals surface area contributed by atoms with E-state index in [1.807, 2.05) is 37.3 Å². The average Bonchev–Trinajstić information content (AvgIpc) is 2.85. The Bertz CT molecular complexity index is 622. The lowest BCUT2D eigenvalue weighted by Gasteiger charge is -2.17. The van der Waals surface area contributed by atoms with Crippen LogP contribution in [0.25, 0.3) is 6.08 Å². The molecular formula is C14H12Br2N2OS. The van der Waals surface area contributed by atoms with Gasteiger partial charge in [0.2, 0.25) is 0 Å². The zero-order valence-corrected chi connectivity index (χ0v) is 14.7. The minimum absolute atomic E-state index is 0.0770. The molecule has 0 unspecified atom stereocenters. The molecule has 20 heavy (non-hydrogen) atoms. The normalized spacial score (nSPS) is 10.9. The van der Waals surface area contributed by atoms with Crippen LogP contribution in [-0.2, 0) is 4.79 Å². The molecule has 0 aliphatic heterocycles. The maximum atomic E-state index is 12.2. The molecule has 2 aromatic heterocycles. The number of thiophene rings is 1. The second kappa shape index (κ2) is 7.15. The van der Waals surface area contributed by atoms with Crippen LogP contribution in [0.3, 0.4) is 0 Å². The van der Waals surface area contributed by atoms with Crippen molar-refractivity contribution >= 4 is 61.0 Å². The number of nitrogens with zero attached hydrogens (tertiary/aromatic N) is 2. The molecule has 3 nitrogen and oxygen atoms in total. The number of amides is 1. The lowest BCUT2D eigenvalue weighted by Crippen LogP contribution is -2.29. The topological polar surface area (TPSA) is 33.2 Å². The Labute approximate surface area is 138 Å². The average molecular weight is 416 g/mol. The molecule has 2 aromatic rings. The van der Waals surface area contributed by atoms with Gasteiger partial charge in [-0.05, 0) is 69.1 Å². The summed E-state index contributed by atoms with van der Waals surface area (Å²) in [6.07, 6.45) is 5.08. The van der Waals surface area contributed by atoms with Crippen LogP contribution in [0.5, 0.6) is 0 Å². The Kier molecular flexibility index (Phi) is 5.51. The number of hydrogen-bond acceptors (Lipinski definition) is 3. The second-order valence-electron chi connectivity index (χ2n) is 3.89. The van der Waals surface area contributed by atoms with Crippen LogP contribution in [0, 0.1) is 0 Å². The first kappa shape index (κ1) is 15.4. The van der Waals surface area contributed by atoms with Crippen molar-refractivity contribution in [2.24, 2.45) is 0 Å². The van der Waals surface area contributed by atoms with Gasteiger partial charge in [-0.1, -0.05) is 0 Å². The van der Waals surface area contributed by atoms with Crippen LogP contribution in [0.1, 0.15) is 11.8 Å². The maximum absolute atomic E-state index is 12.2. The van der Waals surface area contributed by atoms with Crippen molar-refractivity contribution in [3.05, 3.63) is 49.7 Å². The van der Waals surface area contributed by atoms with Crippen molar-refractivity contribution < 1.29 is 4.79 Å². The van der Waals surface area contributed by atoms with Crippen molar-refractivity contribution in [2.45, 2.75) is 6.92 Å². The summed E-state index contributed by atoms with van der Waals surface area (Å²) in [5, 5.41) is 0. The molecular weight excluding hydrogens is 404 g/mol. The van der Waals surface area contributed by atoms with E-state index in [0.717, 1.165) is 13.1 Å². The maximum Gasteiger partial charge on any atom is 0.252 e.